The van der Waals surface area contributed by atoms with Crippen LogP contribution in [0.3, 0.4) is 0 Å². The number of hydrogen-bond acceptors (Lipinski definition) is 3. The molecule has 0 bridgehead atoms. The molecule has 2 aromatic rings. The van der Waals surface area contributed by atoms with E-state index in [1.54, 1.807) is 24.3 Å². The molecule has 0 saturated heterocycles. The van der Waals surface area contributed by atoms with Gasteiger partial charge in [0, 0.05) is 18.0 Å². The number of halogens is 3. The predicted molar refractivity (Wildman–Crippen MR) is 71.2 cm³/mol. The molecular formula is C10H5Cl3N2OS. The van der Waals surface area contributed by atoms with Crippen molar-refractivity contribution >= 4 is 58.1 Å². The van der Waals surface area contributed by atoms with Gasteiger partial charge in [-0.1, -0.05) is 29.3 Å². The van der Waals surface area contributed by atoms with Crippen LogP contribution in [0.4, 0.5) is 5.69 Å². The van der Waals surface area contributed by atoms with Crippen molar-refractivity contribution in [2.45, 2.75) is 0 Å². The zero-order chi connectivity index (χ0) is 12.4. The number of aromatic nitrogens is 1. The van der Waals surface area contributed by atoms with Gasteiger partial charge < -0.3 is 0 Å². The van der Waals surface area contributed by atoms with Gasteiger partial charge in [-0.05, 0) is 29.7 Å². The van der Waals surface area contributed by atoms with Gasteiger partial charge >= 0.3 is 0 Å². The molecule has 17 heavy (non-hydrogen) atoms. The van der Waals surface area contributed by atoms with Crippen LogP contribution in [0.1, 0.15) is 9.67 Å². The highest BCUT2D eigenvalue weighted by atomic mass is 35.5. The Kier molecular flexibility index (Phi) is 3.89. The molecule has 0 aliphatic carbocycles. The summed E-state index contributed by atoms with van der Waals surface area (Å²) in [6.45, 7) is 0. The standard InChI is InChI=1S/C10H5Cl3N2OS/c11-6-2-1-3-7(9(6)12)15(13)10(16)8-4-5-14-17-8/h1-5H. The minimum absolute atomic E-state index is 0.238. The summed E-state index contributed by atoms with van der Waals surface area (Å²) in [6, 6.07) is 6.48. The molecule has 0 aliphatic heterocycles. The normalized spacial score (nSPS) is 10.3. The predicted octanol–water partition coefficient (Wildman–Crippen LogP) is 4.25. The first-order valence-electron chi connectivity index (χ1n) is 4.46. The van der Waals surface area contributed by atoms with Crippen LogP contribution in [-0.2, 0) is 0 Å². The highest BCUT2D eigenvalue weighted by Crippen LogP contribution is 2.34. The van der Waals surface area contributed by atoms with Gasteiger partial charge in [0.2, 0.25) is 0 Å². The van der Waals surface area contributed by atoms with Gasteiger partial charge in [0.05, 0.1) is 15.7 Å². The third kappa shape index (κ3) is 2.55. The number of rotatable bonds is 2. The molecular weight excluding hydrogens is 303 g/mol. The van der Waals surface area contributed by atoms with Crippen LogP contribution in [-0.4, -0.2) is 10.3 Å². The number of amides is 1. The van der Waals surface area contributed by atoms with E-state index in [0.29, 0.717) is 15.6 Å². The number of nitrogens with zero attached hydrogens (tertiary/aromatic N) is 2. The fourth-order valence-corrected chi connectivity index (χ4v) is 2.41. The molecule has 3 nitrogen and oxygen atoms in total. The number of carbonyl (C=O) groups excluding carboxylic acids is 1. The molecule has 0 atom stereocenters. The van der Waals surface area contributed by atoms with Crippen molar-refractivity contribution in [1.82, 2.24) is 4.37 Å². The van der Waals surface area contributed by atoms with Crippen LogP contribution >= 0.6 is 46.5 Å². The van der Waals surface area contributed by atoms with E-state index >= 15 is 0 Å². The molecule has 0 saturated carbocycles. The molecule has 7 heteroatoms. The first kappa shape index (κ1) is 12.6. The molecule has 88 valence electrons. The van der Waals surface area contributed by atoms with E-state index in [4.69, 9.17) is 35.0 Å². The minimum atomic E-state index is -0.390. The molecule has 1 aromatic heterocycles. The molecule has 1 amide bonds. The van der Waals surface area contributed by atoms with Crippen LogP contribution in [0.5, 0.6) is 0 Å². The Labute approximate surface area is 117 Å². The van der Waals surface area contributed by atoms with E-state index in [9.17, 15) is 4.79 Å². The SMILES string of the molecule is O=C(c1ccns1)N(Cl)c1cccc(Cl)c1Cl. The number of carbonyl (C=O) groups is 1. The quantitative estimate of drug-likeness (QED) is 0.777. The fourth-order valence-electron chi connectivity index (χ4n) is 1.18. The third-order valence-corrected chi connectivity index (χ3v) is 3.85. The minimum Gasteiger partial charge on any atom is -0.266 e. The molecule has 0 spiro atoms. The van der Waals surface area contributed by atoms with Crippen LogP contribution < -0.4 is 4.42 Å². The number of hydrogen-bond donors (Lipinski definition) is 0. The first-order chi connectivity index (χ1) is 8.11. The summed E-state index contributed by atoms with van der Waals surface area (Å²) in [5, 5.41) is 0.578. The Balaban J connectivity index is 2.34. The Morgan fingerprint density at radius 1 is 1.29 bits per heavy atom. The lowest BCUT2D eigenvalue weighted by Gasteiger charge is -2.14. The average Bonchev–Trinajstić information content (AvgIpc) is 2.84. The van der Waals surface area contributed by atoms with E-state index in [1.807, 2.05) is 0 Å². The van der Waals surface area contributed by atoms with Crippen molar-refractivity contribution in [3.63, 3.8) is 0 Å². The monoisotopic (exact) mass is 306 g/mol. The second-order valence-electron chi connectivity index (χ2n) is 3.04. The van der Waals surface area contributed by atoms with Crippen LogP contribution in [0.2, 0.25) is 10.0 Å². The van der Waals surface area contributed by atoms with Gasteiger partial charge in [-0.2, -0.15) is 0 Å². The molecule has 0 unspecified atom stereocenters. The molecule has 0 N–H and O–H groups in total. The Hall–Kier alpha value is -0.810. The van der Waals surface area contributed by atoms with E-state index in [1.165, 1.54) is 6.20 Å². The topological polar surface area (TPSA) is 33.2 Å². The Morgan fingerprint density at radius 2 is 2.06 bits per heavy atom. The summed E-state index contributed by atoms with van der Waals surface area (Å²) in [5.74, 6) is -0.390. The highest BCUT2D eigenvalue weighted by molar-refractivity contribution is 7.08. The maximum atomic E-state index is 11.9. The third-order valence-electron chi connectivity index (χ3n) is 1.97. The van der Waals surface area contributed by atoms with Crippen molar-refractivity contribution in [3.05, 3.63) is 45.4 Å². The zero-order valence-electron chi connectivity index (χ0n) is 8.23. The average molecular weight is 308 g/mol. The summed E-state index contributed by atoms with van der Waals surface area (Å²) < 4.78 is 4.77. The van der Waals surface area contributed by atoms with Crippen molar-refractivity contribution in [3.8, 4) is 0 Å². The second-order valence-corrected chi connectivity index (χ2v) is 4.99. The lowest BCUT2D eigenvalue weighted by Crippen LogP contribution is -2.19. The maximum Gasteiger partial charge on any atom is 0.284 e. The summed E-state index contributed by atoms with van der Waals surface area (Å²) in [7, 11) is 0. The van der Waals surface area contributed by atoms with Gasteiger partial charge in [-0.3, -0.25) is 4.79 Å². The van der Waals surface area contributed by atoms with Gasteiger partial charge in [-0.25, -0.2) is 8.79 Å². The van der Waals surface area contributed by atoms with E-state index in [-0.39, 0.29) is 5.02 Å². The Bertz CT molecular complexity index is 544. The van der Waals surface area contributed by atoms with Crippen molar-refractivity contribution in [2.24, 2.45) is 0 Å². The van der Waals surface area contributed by atoms with Gasteiger partial charge in [0.15, 0.2) is 0 Å². The largest absolute Gasteiger partial charge is 0.284 e. The molecule has 1 heterocycles. The summed E-state index contributed by atoms with van der Waals surface area (Å²) >= 11 is 18.8. The zero-order valence-corrected chi connectivity index (χ0v) is 11.3. The van der Waals surface area contributed by atoms with E-state index in [2.05, 4.69) is 4.37 Å². The highest BCUT2D eigenvalue weighted by Gasteiger charge is 2.20. The second kappa shape index (κ2) is 5.23. The van der Waals surface area contributed by atoms with Crippen molar-refractivity contribution in [2.75, 3.05) is 4.42 Å². The lowest BCUT2D eigenvalue weighted by atomic mass is 10.3. The first-order valence-corrected chi connectivity index (χ1v) is 6.33. The molecule has 1 aromatic carbocycles. The van der Waals surface area contributed by atoms with Gasteiger partial charge in [0.1, 0.15) is 4.88 Å². The summed E-state index contributed by atoms with van der Waals surface area (Å²) in [6.07, 6.45) is 1.53. The number of benzene rings is 1. The molecule has 2 rings (SSSR count). The van der Waals surface area contributed by atoms with Crippen molar-refractivity contribution < 1.29 is 4.79 Å². The molecule has 0 aliphatic rings. The van der Waals surface area contributed by atoms with Gasteiger partial charge in [0.25, 0.3) is 5.91 Å². The Morgan fingerprint density at radius 3 is 2.71 bits per heavy atom. The van der Waals surface area contributed by atoms with Gasteiger partial charge in [-0.15, -0.1) is 0 Å². The van der Waals surface area contributed by atoms with Crippen LogP contribution in [0.15, 0.2) is 30.5 Å². The summed E-state index contributed by atoms with van der Waals surface area (Å²) in [4.78, 5) is 12.4. The maximum absolute atomic E-state index is 11.9. The summed E-state index contributed by atoms with van der Waals surface area (Å²) in [5.41, 5.74) is 0.347. The molecule has 0 radical (unpaired) electrons. The van der Waals surface area contributed by atoms with Crippen molar-refractivity contribution in [1.29, 1.82) is 0 Å². The van der Waals surface area contributed by atoms with Crippen LogP contribution in [0.25, 0.3) is 0 Å². The smallest absolute Gasteiger partial charge is 0.266 e. The van der Waals surface area contributed by atoms with Crippen LogP contribution in [0, 0.1) is 0 Å². The number of anilines is 1. The lowest BCUT2D eigenvalue weighted by molar-refractivity contribution is 0.101. The fraction of sp³-hybridized carbons (Fsp3) is 0. The van der Waals surface area contributed by atoms with E-state index < -0.39 is 5.91 Å². The molecule has 0 fully saturated rings. The van der Waals surface area contributed by atoms with E-state index in [0.717, 1.165) is 16.0 Å².